The molecule has 5 heterocycles. The Labute approximate surface area is 274 Å². The summed E-state index contributed by atoms with van der Waals surface area (Å²) in [5, 5.41) is 14.0. The van der Waals surface area contributed by atoms with E-state index >= 15 is 0 Å². The smallest absolute Gasteiger partial charge is 0.234 e. The summed E-state index contributed by atoms with van der Waals surface area (Å²) in [6, 6.07) is 20.0. The van der Waals surface area contributed by atoms with Crippen molar-refractivity contribution in [2.24, 2.45) is 11.6 Å². The van der Waals surface area contributed by atoms with Gasteiger partial charge >= 0.3 is 0 Å². The van der Waals surface area contributed by atoms with E-state index in [1.165, 1.54) is 10.6 Å². The molecule has 0 atom stereocenters. The van der Waals surface area contributed by atoms with Gasteiger partial charge in [0.05, 0.1) is 17.0 Å². The number of hydrogen-bond acceptors (Lipinski definition) is 12. The second kappa shape index (κ2) is 15.1. The first-order valence-corrected chi connectivity index (χ1v) is 15.8. The molecule has 47 heavy (non-hydrogen) atoms. The van der Waals surface area contributed by atoms with Gasteiger partial charge in [0.15, 0.2) is 11.5 Å². The topological polar surface area (TPSA) is 190 Å². The molecule has 0 saturated carbocycles. The largest absolute Gasteiger partial charge is 0.396 e. The van der Waals surface area contributed by atoms with Crippen LogP contribution in [0.4, 0.5) is 11.6 Å². The molecule has 1 aliphatic heterocycles. The van der Waals surface area contributed by atoms with Crippen molar-refractivity contribution in [2.75, 3.05) is 30.7 Å². The van der Waals surface area contributed by atoms with Crippen LogP contribution in [0.1, 0.15) is 50.7 Å². The van der Waals surface area contributed by atoms with Gasteiger partial charge in [0.2, 0.25) is 5.82 Å². The van der Waals surface area contributed by atoms with Crippen molar-refractivity contribution in [1.29, 1.82) is 5.26 Å². The third-order valence-corrected chi connectivity index (χ3v) is 7.85. The van der Waals surface area contributed by atoms with Crippen LogP contribution in [-0.4, -0.2) is 65.1 Å². The van der Waals surface area contributed by atoms with Crippen molar-refractivity contribution in [3.05, 3.63) is 90.3 Å². The van der Waals surface area contributed by atoms with Crippen LogP contribution in [0.15, 0.2) is 73.2 Å². The first kappa shape index (κ1) is 32.8. The fourth-order valence-corrected chi connectivity index (χ4v) is 5.43. The zero-order chi connectivity index (χ0) is 33.3. The van der Waals surface area contributed by atoms with Gasteiger partial charge in [0, 0.05) is 56.5 Å². The maximum Gasteiger partial charge on any atom is 0.234 e. The van der Waals surface area contributed by atoms with Crippen molar-refractivity contribution in [3.8, 4) is 23.1 Å². The van der Waals surface area contributed by atoms with Gasteiger partial charge in [0.1, 0.15) is 23.2 Å². The van der Waals surface area contributed by atoms with Crippen molar-refractivity contribution >= 4 is 28.5 Å². The number of nitrogens with zero attached hydrogens (tertiary/aromatic N) is 9. The molecule has 0 amide bonds. The number of rotatable bonds is 9. The molecule has 13 nitrogen and oxygen atoms in total. The highest BCUT2D eigenvalue weighted by atomic mass is 15.4. The molecule has 6 rings (SSSR count). The lowest BCUT2D eigenvalue weighted by Gasteiger charge is -2.32. The Kier molecular flexibility index (Phi) is 10.6. The molecule has 1 saturated heterocycles. The standard InChI is InChI=1S/C32H35N13.C2H6/c1-2-44(36)20-25(34)26-9-10-27-32(40-26)45(31(41-27)24-4-3-14-38-30(24)35)23-7-5-21(6-8-23)19-43-16-12-22(13-17-43)39-28-11-15-37-29(18-33)42-28;1-2/h3-11,14-15,20,22H,2,12-13,16-17,19,34,36H2,1H3,(H2,35,38)(H,37,39,42);1-2H3/b25-20-;. The number of nitrogens with one attached hydrogen (secondary N) is 1. The van der Waals surface area contributed by atoms with Crippen molar-refractivity contribution < 1.29 is 0 Å². The Bertz CT molecular complexity index is 1870. The minimum Gasteiger partial charge on any atom is -0.396 e. The second-order valence-electron chi connectivity index (χ2n) is 10.9. The lowest BCUT2D eigenvalue weighted by Crippen LogP contribution is -2.38. The molecule has 0 spiro atoms. The summed E-state index contributed by atoms with van der Waals surface area (Å²) in [5.74, 6) is 7.85. The third-order valence-electron chi connectivity index (χ3n) is 7.85. The Hall–Kier alpha value is -5.58. The summed E-state index contributed by atoms with van der Waals surface area (Å²) in [6.45, 7) is 9.29. The normalized spacial score (nSPS) is 13.9. The number of nitrogen functional groups attached to an aromatic ring is 1. The number of nitrogens with two attached hydrogens (primary N) is 3. The zero-order valence-corrected chi connectivity index (χ0v) is 27.0. The van der Waals surface area contributed by atoms with Crippen LogP contribution in [0.3, 0.4) is 0 Å². The zero-order valence-electron chi connectivity index (χ0n) is 27.0. The fourth-order valence-electron chi connectivity index (χ4n) is 5.43. The summed E-state index contributed by atoms with van der Waals surface area (Å²) in [5.41, 5.74) is 17.9. The van der Waals surface area contributed by atoms with E-state index in [2.05, 4.69) is 49.4 Å². The van der Waals surface area contributed by atoms with E-state index in [0.717, 1.165) is 38.2 Å². The predicted octanol–water partition coefficient (Wildman–Crippen LogP) is 4.28. The van der Waals surface area contributed by atoms with Gasteiger partial charge in [-0.25, -0.2) is 30.8 Å². The van der Waals surface area contributed by atoms with Gasteiger partial charge in [-0.3, -0.25) is 9.47 Å². The highest BCUT2D eigenvalue weighted by Crippen LogP contribution is 2.31. The number of imidazole rings is 1. The minimum atomic E-state index is 0.174. The van der Waals surface area contributed by atoms with Crippen LogP contribution in [0, 0.1) is 11.3 Å². The quantitative estimate of drug-likeness (QED) is 0.134. The highest BCUT2D eigenvalue weighted by molar-refractivity contribution is 5.84. The SMILES string of the molecule is CC.CCN(N)/C=C(\N)c1ccc2nc(-c3cccnc3N)n(-c3ccc(CN4CCC(Nc5ccnc(C#N)n5)CC4)cc3)c2n1. The van der Waals surface area contributed by atoms with E-state index in [1.54, 1.807) is 24.7 Å². The molecule has 0 unspecified atom stereocenters. The third kappa shape index (κ3) is 7.63. The average molecular weight is 632 g/mol. The predicted molar refractivity (Wildman–Crippen MR) is 185 cm³/mol. The summed E-state index contributed by atoms with van der Waals surface area (Å²) in [6.07, 6.45) is 6.90. The molecule has 1 aliphatic rings. The number of fused-ring (bicyclic) bond motifs is 1. The summed E-state index contributed by atoms with van der Waals surface area (Å²) >= 11 is 0. The van der Waals surface area contributed by atoms with Gasteiger partial charge in [-0.15, -0.1) is 0 Å². The Morgan fingerprint density at radius 3 is 2.49 bits per heavy atom. The number of hydrogen-bond donors (Lipinski definition) is 4. The number of piperidine rings is 1. The van der Waals surface area contributed by atoms with Gasteiger partial charge in [0.25, 0.3) is 0 Å². The molecule has 242 valence electrons. The Morgan fingerprint density at radius 2 is 1.79 bits per heavy atom. The summed E-state index contributed by atoms with van der Waals surface area (Å²) in [4.78, 5) is 24.7. The first-order valence-electron chi connectivity index (χ1n) is 15.8. The fraction of sp³-hybridized carbons (Fsp3) is 0.294. The number of nitriles is 1. The first-order chi connectivity index (χ1) is 22.9. The van der Waals surface area contributed by atoms with Crippen LogP contribution >= 0.6 is 0 Å². The summed E-state index contributed by atoms with van der Waals surface area (Å²) in [7, 11) is 0. The van der Waals surface area contributed by atoms with E-state index in [1.807, 2.05) is 55.7 Å². The van der Waals surface area contributed by atoms with Gasteiger partial charge in [-0.1, -0.05) is 26.0 Å². The maximum absolute atomic E-state index is 9.07. The van der Waals surface area contributed by atoms with Crippen LogP contribution in [0.2, 0.25) is 0 Å². The highest BCUT2D eigenvalue weighted by Gasteiger charge is 2.21. The summed E-state index contributed by atoms with van der Waals surface area (Å²) < 4.78 is 1.99. The molecular formula is C34H41N13. The van der Waals surface area contributed by atoms with Crippen molar-refractivity contribution in [1.82, 2.24) is 39.4 Å². The number of hydrazine groups is 1. The van der Waals surface area contributed by atoms with E-state index in [4.69, 9.17) is 32.5 Å². The maximum atomic E-state index is 9.07. The number of anilines is 2. The van der Waals surface area contributed by atoms with Crippen LogP contribution in [-0.2, 0) is 6.54 Å². The molecule has 7 N–H and O–H groups in total. The lowest BCUT2D eigenvalue weighted by atomic mass is 10.0. The van der Waals surface area contributed by atoms with E-state index in [-0.39, 0.29) is 5.82 Å². The molecule has 13 heteroatoms. The van der Waals surface area contributed by atoms with Gasteiger partial charge in [-0.2, -0.15) is 5.26 Å². The molecule has 0 aliphatic carbocycles. The Morgan fingerprint density at radius 1 is 1.02 bits per heavy atom. The molecule has 0 radical (unpaired) electrons. The van der Waals surface area contributed by atoms with E-state index < -0.39 is 0 Å². The molecule has 0 bridgehead atoms. The molecule has 4 aromatic heterocycles. The van der Waals surface area contributed by atoms with E-state index in [0.29, 0.717) is 58.2 Å². The minimum absolute atomic E-state index is 0.174. The second-order valence-corrected chi connectivity index (χ2v) is 10.9. The van der Waals surface area contributed by atoms with Crippen LogP contribution < -0.4 is 22.6 Å². The van der Waals surface area contributed by atoms with Crippen LogP contribution in [0.25, 0.3) is 33.9 Å². The number of likely N-dealkylation sites (tertiary alicyclic amines) is 1. The van der Waals surface area contributed by atoms with Crippen LogP contribution in [0.5, 0.6) is 0 Å². The van der Waals surface area contributed by atoms with Gasteiger partial charge in [-0.05, 0) is 67.8 Å². The monoisotopic (exact) mass is 631 g/mol. The lowest BCUT2D eigenvalue weighted by molar-refractivity contribution is 0.211. The molecular weight excluding hydrogens is 590 g/mol. The molecule has 1 aromatic carbocycles. The average Bonchev–Trinajstić information content (AvgIpc) is 3.49. The van der Waals surface area contributed by atoms with Crippen molar-refractivity contribution in [2.45, 2.75) is 46.2 Å². The van der Waals surface area contributed by atoms with Gasteiger partial charge < -0.3 is 21.8 Å². The molecule has 1 fully saturated rings. The number of aromatic nitrogens is 6. The number of pyridine rings is 2. The molecule has 5 aromatic rings. The Balaban J connectivity index is 0.00000213. The van der Waals surface area contributed by atoms with Crippen molar-refractivity contribution in [3.63, 3.8) is 0 Å². The number of benzene rings is 1. The van der Waals surface area contributed by atoms with E-state index in [9.17, 15) is 0 Å².